The number of carbonyl (C=O) groups excluding carboxylic acids is 1. The van der Waals surface area contributed by atoms with Gasteiger partial charge in [-0.05, 0) is 31.4 Å². The summed E-state index contributed by atoms with van der Waals surface area (Å²) in [6, 6.07) is 8.00. The quantitative estimate of drug-likeness (QED) is 0.838. The molecule has 21 heavy (non-hydrogen) atoms. The minimum Gasteiger partial charge on any atom is -0.480 e. The van der Waals surface area contributed by atoms with Gasteiger partial charge in [0.2, 0.25) is 5.91 Å². The van der Waals surface area contributed by atoms with E-state index in [9.17, 15) is 14.7 Å². The van der Waals surface area contributed by atoms with Crippen LogP contribution in [0.25, 0.3) is 0 Å². The SMILES string of the molecule is CCCC(C)(NC(=O)CN1CCc2ccccc21)C(=O)O. The van der Waals surface area contributed by atoms with E-state index in [4.69, 9.17) is 0 Å². The summed E-state index contributed by atoms with van der Waals surface area (Å²) >= 11 is 0. The number of nitrogens with zero attached hydrogens (tertiary/aromatic N) is 1. The van der Waals surface area contributed by atoms with E-state index >= 15 is 0 Å². The first kappa shape index (κ1) is 15.4. The zero-order valence-electron chi connectivity index (χ0n) is 12.6. The Hall–Kier alpha value is -2.04. The van der Waals surface area contributed by atoms with Gasteiger partial charge in [0.25, 0.3) is 0 Å². The second kappa shape index (κ2) is 6.16. The fourth-order valence-corrected chi connectivity index (χ4v) is 2.81. The number of fused-ring (bicyclic) bond motifs is 1. The highest BCUT2D eigenvalue weighted by molar-refractivity contribution is 5.89. The topological polar surface area (TPSA) is 69.6 Å². The third-order valence-corrected chi connectivity index (χ3v) is 3.96. The number of aliphatic carboxylic acids is 1. The highest BCUT2D eigenvalue weighted by Gasteiger charge is 2.34. The van der Waals surface area contributed by atoms with Crippen LogP contribution in [0.4, 0.5) is 5.69 Å². The summed E-state index contributed by atoms with van der Waals surface area (Å²) in [7, 11) is 0. The summed E-state index contributed by atoms with van der Waals surface area (Å²) in [5.74, 6) is -1.23. The van der Waals surface area contributed by atoms with E-state index in [-0.39, 0.29) is 12.5 Å². The number of carboxylic acid groups (broad SMARTS) is 1. The van der Waals surface area contributed by atoms with Crippen LogP contribution in [0.15, 0.2) is 24.3 Å². The maximum absolute atomic E-state index is 12.2. The summed E-state index contributed by atoms with van der Waals surface area (Å²) in [5, 5.41) is 12.0. The van der Waals surface area contributed by atoms with Gasteiger partial charge in [-0.3, -0.25) is 4.79 Å². The maximum Gasteiger partial charge on any atom is 0.329 e. The standard InChI is InChI=1S/C16H22N2O3/c1-3-9-16(2,15(20)21)17-14(19)11-18-10-8-12-6-4-5-7-13(12)18/h4-7H,3,8-11H2,1-2H3,(H,17,19)(H,20,21). The molecule has 0 spiro atoms. The highest BCUT2D eigenvalue weighted by Crippen LogP contribution is 2.27. The van der Waals surface area contributed by atoms with Gasteiger partial charge in [0, 0.05) is 12.2 Å². The van der Waals surface area contributed by atoms with Crippen LogP contribution in [0.3, 0.4) is 0 Å². The Balaban J connectivity index is 2.01. The van der Waals surface area contributed by atoms with Gasteiger partial charge in [0.1, 0.15) is 5.54 Å². The molecule has 1 aromatic rings. The summed E-state index contributed by atoms with van der Waals surface area (Å²) in [5.41, 5.74) is 1.12. The van der Waals surface area contributed by atoms with Crippen molar-refractivity contribution in [1.82, 2.24) is 5.32 Å². The molecule has 0 aromatic heterocycles. The Kier molecular flexibility index (Phi) is 4.50. The predicted molar refractivity (Wildman–Crippen MR) is 81.5 cm³/mol. The molecule has 1 aliphatic heterocycles. The van der Waals surface area contributed by atoms with Gasteiger partial charge in [0.05, 0.1) is 6.54 Å². The second-order valence-electron chi connectivity index (χ2n) is 5.74. The molecule has 1 unspecified atom stereocenters. The second-order valence-corrected chi connectivity index (χ2v) is 5.74. The third kappa shape index (κ3) is 3.35. The van der Waals surface area contributed by atoms with E-state index in [1.807, 2.05) is 30.0 Å². The minimum absolute atomic E-state index is 0.198. The summed E-state index contributed by atoms with van der Waals surface area (Å²) < 4.78 is 0. The number of hydrogen-bond acceptors (Lipinski definition) is 3. The molecule has 2 N–H and O–H groups in total. The average molecular weight is 290 g/mol. The van der Waals surface area contributed by atoms with Crippen LogP contribution in [-0.2, 0) is 16.0 Å². The molecule has 0 aliphatic carbocycles. The van der Waals surface area contributed by atoms with E-state index in [2.05, 4.69) is 11.4 Å². The van der Waals surface area contributed by atoms with Crippen molar-refractivity contribution in [3.63, 3.8) is 0 Å². The van der Waals surface area contributed by atoms with Crippen LogP contribution in [0.1, 0.15) is 32.3 Å². The molecule has 1 amide bonds. The normalized spacial score (nSPS) is 16.2. The monoisotopic (exact) mass is 290 g/mol. The van der Waals surface area contributed by atoms with Crippen LogP contribution >= 0.6 is 0 Å². The van der Waals surface area contributed by atoms with E-state index in [1.54, 1.807) is 6.92 Å². The smallest absolute Gasteiger partial charge is 0.329 e. The van der Waals surface area contributed by atoms with Gasteiger partial charge in [-0.2, -0.15) is 0 Å². The lowest BCUT2D eigenvalue weighted by molar-refractivity contribution is -0.147. The molecule has 114 valence electrons. The number of benzene rings is 1. The van der Waals surface area contributed by atoms with Crippen molar-refractivity contribution in [2.45, 2.75) is 38.6 Å². The number of para-hydroxylation sites is 1. The van der Waals surface area contributed by atoms with Gasteiger partial charge in [-0.1, -0.05) is 31.5 Å². The van der Waals surface area contributed by atoms with Gasteiger partial charge in [-0.25, -0.2) is 4.79 Å². The number of carbonyl (C=O) groups is 2. The van der Waals surface area contributed by atoms with Gasteiger partial charge >= 0.3 is 5.97 Å². The molecule has 1 aliphatic rings. The highest BCUT2D eigenvalue weighted by atomic mass is 16.4. The van der Waals surface area contributed by atoms with Crippen molar-refractivity contribution in [3.8, 4) is 0 Å². The molecule has 1 atom stereocenters. The Bertz CT molecular complexity index is 544. The molecule has 5 heteroatoms. The maximum atomic E-state index is 12.2. The molecule has 0 bridgehead atoms. The summed E-state index contributed by atoms with van der Waals surface area (Å²) in [6.07, 6.45) is 2.05. The molecule has 1 heterocycles. The Morgan fingerprint density at radius 1 is 1.38 bits per heavy atom. The number of rotatable bonds is 6. The van der Waals surface area contributed by atoms with Gasteiger partial charge < -0.3 is 15.3 Å². The lowest BCUT2D eigenvalue weighted by Gasteiger charge is -2.27. The first-order valence-corrected chi connectivity index (χ1v) is 7.33. The van der Waals surface area contributed by atoms with E-state index < -0.39 is 11.5 Å². The molecule has 0 saturated carbocycles. The first-order chi connectivity index (χ1) is 9.96. The van der Waals surface area contributed by atoms with Gasteiger partial charge in [-0.15, -0.1) is 0 Å². The first-order valence-electron chi connectivity index (χ1n) is 7.33. The number of amides is 1. The average Bonchev–Trinajstić information content (AvgIpc) is 2.82. The number of hydrogen-bond donors (Lipinski definition) is 2. The van der Waals surface area contributed by atoms with E-state index in [0.717, 1.165) is 18.7 Å². The fourth-order valence-electron chi connectivity index (χ4n) is 2.81. The van der Waals surface area contributed by atoms with Gasteiger partial charge in [0.15, 0.2) is 0 Å². The van der Waals surface area contributed by atoms with Crippen LogP contribution < -0.4 is 10.2 Å². The zero-order valence-corrected chi connectivity index (χ0v) is 12.6. The lowest BCUT2D eigenvalue weighted by Crippen LogP contribution is -2.54. The summed E-state index contributed by atoms with van der Waals surface area (Å²) in [6.45, 7) is 4.46. The zero-order chi connectivity index (χ0) is 15.5. The predicted octanol–water partition coefficient (Wildman–Crippen LogP) is 1.81. The van der Waals surface area contributed by atoms with Crippen molar-refractivity contribution in [1.29, 1.82) is 0 Å². The Morgan fingerprint density at radius 2 is 2.10 bits per heavy atom. The van der Waals surface area contributed by atoms with Crippen molar-refractivity contribution >= 4 is 17.6 Å². The molecule has 2 rings (SSSR count). The van der Waals surface area contributed by atoms with Crippen molar-refractivity contribution in [2.75, 3.05) is 18.0 Å². The number of nitrogens with one attached hydrogen (secondary N) is 1. The summed E-state index contributed by atoms with van der Waals surface area (Å²) in [4.78, 5) is 25.5. The molecule has 5 nitrogen and oxygen atoms in total. The van der Waals surface area contributed by atoms with Crippen LogP contribution in [0.5, 0.6) is 0 Å². The van der Waals surface area contributed by atoms with Crippen LogP contribution in [-0.4, -0.2) is 35.6 Å². The fraction of sp³-hybridized carbons (Fsp3) is 0.500. The Labute approximate surface area is 125 Å². The minimum atomic E-state index is -1.19. The van der Waals surface area contributed by atoms with Crippen molar-refractivity contribution < 1.29 is 14.7 Å². The molecule has 1 aromatic carbocycles. The molecule has 0 fully saturated rings. The van der Waals surface area contributed by atoms with Crippen LogP contribution in [0, 0.1) is 0 Å². The molecule has 0 saturated heterocycles. The van der Waals surface area contributed by atoms with Crippen molar-refractivity contribution in [3.05, 3.63) is 29.8 Å². The van der Waals surface area contributed by atoms with Crippen molar-refractivity contribution in [2.24, 2.45) is 0 Å². The number of anilines is 1. The van der Waals surface area contributed by atoms with Crippen LogP contribution in [0.2, 0.25) is 0 Å². The third-order valence-electron chi connectivity index (χ3n) is 3.96. The Morgan fingerprint density at radius 3 is 2.76 bits per heavy atom. The van der Waals surface area contributed by atoms with E-state index in [1.165, 1.54) is 5.56 Å². The molecular weight excluding hydrogens is 268 g/mol. The largest absolute Gasteiger partial charge is 0.480 e. The number of carboxylic acids is 1. The van der Waals surface area contributed by atoms with E-state index in [0.29, 0.717) is 12.8 Å². The molecule has 0 radical (unpaired) electrons. The lowest BCUT2D eigenvalue weighted by atomic mass is 9.96. The molecular formula is C16H22N2O3.